The molecule has 0 aromatic rings. The van der Waals surface area contributed by atoms with Crippen molar-refractivity contribution in [2.75, 3.05) is 0 Å². The number of aliphatic imine (C=N–C) groups is 1. The average Bonchev–Trinajstić information content (AvgIpc) is 2.26. The van der Waals surface area contributed by atoms with Crippen LogP contribution < -0.4 is 0 Å². The normalized spacial score (nSPS) is 19.2. The molecule has 0 amide bonds. The predicted molar refractivity (Wildman–Crippen MR) is 75.0 cm³/mol. The van der Waals surface area contributed by atoms with E-state index < -0.39 is 11.0 Å². The number of ether oxygens (including phenoxy) is 1. The highest BCUT2D eigenvalue weighted by Gasteiger charge is 2.29. The van der Waals surface area contributed by atoms with Gasteiger partial charge in [-0.3, -0.25) is 9.79 Å². The molecule has 0 spiro atoms. The minimum absolute atomic E-state index is 0.178. The fraction of sp³-hybridized carbons (Fsp3) is 0.867. The van der Waals surface area contributed by atoms with Crippen molar-refractivity contribution in [2.45, 2.75) is 78.4 Å². The molecular formula is C15H27NO2. The van der Waals surface area contributed by atoms with Crippen LogP contribution in [0.15, 0.2) is 4.99 Å². The van der Waals surface area contributed by atoms with Crippen molar-refractivity contribution >= 4 is 12.2 Å². The summed E-state index contributed by atoms with van der Waals surface area (Å²) >= 11 is 0. The quantitative estimate of drug-likeness (QED) is 0.567. The summed E-state index contributed by atoms with van der Waals surface area (Å²) < 4.78 is 5.51. The van der Waals surface area contributed by atoms with Crippen molar-refractivity contribution < 1.29 is 9.53 Å². The number of carbonyl (C=O) groups is 1. The number of carbonyl (C=O) groups excluding carboxylic acids is 1. The molecule has 0 unspecified atom stereocenters. The molecular weight excluding hydrogens is 226 g/mol. The van der Waals surface area contributed by atoms with Gasteiger partial charge in [0, 0.05) is 12.3 Å². The third kappa shape index (κ3) is 5.19. The van der Waals surface area contributed by atoms with Gasteiger partial charge in [-0.1, -0.05) is 19.3 Å². The van der Waals surface area contributed by atoms with Gasteiger partial charge in [0.1, 0.15) is 5.60 Å². The first-order valence-electron chi connectivity index (χ1n) is 6.98. The van der Waals surface area contributed by atoms with Crippen molar-refractivity contribution in [3.8, 4) is 0 Å². The third-order valence-electron chi connectivity index (χ3n) is 3.14. The largest absolute Gasteiger partial charge is 0.453 e. The van der Waals surface area contributed by atoms with Crippen LogP contribution in [0.5, 0.6) is 0 Å². The predicted octanol–water partition coefficient (Wildman–Crippen LogP) is 3.76. The van der Waals surface area contributed by atoms with Crippen LogP contribution >= 0.6 is 0 Å². The van der Waals surface area contributed by atoms with Crippen LogP contribution in [0.3, 0.4) is 0 Å². The Balaban J connectivity index is 2.52. The van der Waals surface area contributed by atoms with E-state index in [1.54, 1.807) is 0 Å². The molecule has 1 aliphatic carbocycles. The third-order valence-corrected chi connectivity index (χ3v) is 3.14. The Hall–Kier alpha value is -0.860. The Labute approximate surface area is 111 Å². The van der Waals surface area contributed by atoms with Gasteiger partial charge in [-0.2, -0.15) is 0 Å². The number of rotatable bonds is 3. The van der Waals surface area contributed by atoms with Crippen LogP contribution in [0, 0.1) is 5.41 Å². The zero-order valence-corrected chi connectivity index (χ0v) is 12.5. The molecule has 3 nitrogen and oxygen atoms in total. The van der Waals surface area contributed by atoms with Gasteiger partial charge >= 0.3 is 5.97 Å². The summed E-state index contributed by atoms with van der Waals surface area (Å²) in [5.41, 5.74) is -1.07. The second kappa shape index (κ2) is 5.85. The molecule has 1 aliphatic rings. The molecule has 1 rings (SSSR count). The van der Waals surface area contributed by atoms with Crippen LogP contribution in [-0.2, 0) is 9.53 Å². The van der Waals surface area contributed by atoms with E-state index in [0.717, 1.165) is 0 Å². The summed E-state index contributed by atoms with van der Waals surface area (Å²) in [4.78, 5) is 16.4. The SMILES string of the molecule is CC(C)(C=NC1CCCCC1)OC(=O)C(C)(C)C. The first kappa shape index (κ1) is 15.2. The Kier molecular flexibility index (Phi) is 4.94. The Morgan fingerprint density at radius 1 is 1.11 bits per heavy atom. The maximum Gasteiger partial charge on any atom is 0.312 e. The second-order valence-corrected chi connectivity index (χ2v) is 6.81. The molecule has 0 atom stereocenters. The van der Waals surface area contributed by atoms with E-state index >= 15 is 0 Å². The molecule has 1 saturated carbocycles. The average molecular weight is 253 g/mol. The van der Waals surface area contributed by atoms with Crippen molar-refractivity contribution in [2.24, 2.45) is 10.4 Å². The molecule has 0 aromatic carbocycles. The summed E-state index contributed by atoms with van der Waals surface area (Å²) in [6.45, 7) is 9.38. The fourth-order valence-corrected chi connectivity index (χ4v) is 1.93. The first-order chi connectivity index (χ1) is 8.21. The zero-order valence-electron chi connectivity index (χ0n) is 12.5. The lowest BCUT2D eigenvalue weighted by atomic mass is 9.95. The van der Waals surface area contributed by atoms with Crippen LogP contribution in [0.4, 0.5) is 0 Å². The molecule has 0 heterocycles. The minimum Gasteiger partial charge on any atom is -0.453 e. The summed E-state index contributed by atoms with van der Waals surface area (Å²) in [5.74, 6) is -0.178. The maximum absolute atomic E-state index is 11.8. The van der Waals surface area contributed by atoms with E-state index in [9.17, 15) is 4.79 Å². The highest BCUT2D eigenvalue weighted by Crippen LogP contribution is 2.22. The van der Waals surface area contributed by atoms with Gasteiger partial charge in [-0.05, 0) is 47.5 Å². The van der Waals surface area contributed by atoms with Crippen molar-refractivity contribution in [1.29, 1.82) is 0 Å². The Morgan fingerprint density at radius 2 is 1.67 bits per heavy atom. The van der Waals surface area contributed by atoms with Crippen LogP contribution in [0.2, 0.25) is 0 Å². The monoisotopic (exact) mass is 253 g/mol. The van der Waals surface area contributed by atoms with Gasteiger partial charge in [-0.15, -0.1) is 0 Å². The van der Waals surface area contributed by atoms with Crippen LogP contribution in [0.25, 0.3) is 0 Å². The highest BCUT2D eigenvalue weighted by molar-refractivity contribution is 5.79. The lowest BCUT2D eigenvalue weighted by Gasteiger charge is -2.27. The van der Waals surface area contributed by atoms with Gasteiger partial charge in [0.2, 0.25) is 0 Å². The van der Waals surface area contributed by atoms with Gasteiger partial charge < -0.3 is 4.74 Å². The molecule has 104 valence electrons. The fourth-order valence-electron chi connectivity index (χ4n) is 1.93. The van der Waals surface area contributed by atoms with Crippen LogP contribution in [0.1, 0.15) is 66.7 Å². The lowest BCUT2D eigenvalue weighted by molar-refractivity contribution is -0.160. The van der Waals surface area contributed by atoms with E-state index in [1.165, 1.54) is 32.1 Å². The highest BCUT2D eigenvalue weighted by atomic mass is 16.6. The molecule has 3 heteroatoms. The molecule has 0 aliphatic heterocycles. The van der Waals surface area contributed by atoms with E-state index in [-0.39, 0.29) is 5.97 Å². The van der Waals surface area contributed by atoms with Gasteiger partial charge in [-0.25, -0.2) is 0 Å². The van der Waals surface area contributed by atoms with E-state index in [1.807, 2.05) is 40.8 Å². The summed E-state index contributed by atoms with van der Waals surface area (Å²) in [6, 6.07) is 0.423. The molecule has 1 fully saturated rings. The molecule has 0 N–H and O–H groups in total. The minimum atomic E-state index is -0.609. The zero-order chi connectivity index (χ0) is 13.8. The van der Waals surface area contributed by atoms with Crippen molar-refractivity contribution in [3.05, 3.63) is 0 Å². The van der Waals surface area contributed by atoms with Crippen molar-refractivity contribution in [1.82, 2.24) is 0 Å². The van der Waals surface area contributed by atoms with E-state index in [2.05, 4.69) is 4.99 Å². The number of esters is 1. The van der Waals surface area contributed by atoms with Crippen LogP contribution in [-0.4, -0.2) is 23.8 Å². The number of hydrogen-bond donors (Lipinski definition) is 0. The van der Waals surface area contributed by atoms with Crippen molar-refractivity contribution in [3.63, 3.8) is 0 Å². The number of hydrogen-bond acceptors (Lipinski definition) is 3. The topological polar surface area (TPSA) is 38.7 Å². The lowest BCUT2D eigenvalue weighted by Crippen LogP contribution is -2.35. The second-order valence-electron chi connectivity index (χ2n) is 6.81. The van der Waals surface area contributed by atoms with Gasteiger partial charge in [0.05, 0.1) is 5.41 Å². The standard InChI is InChI=1S/C15H27NO2/c1-14(2,3)13(17)18-15(4,5)11-16-12-9-7-6-8-10-12/h11-12H,6-10H2,1-5H3. The Bertz CT molecular complexity index is 307. The molecule has 0 saturated heterocycles. The van der Waals surface area contributed by atoms with Gasteiger partial charge in [0.15, 0.2) is 0 Å². The molecule has 0 bridgehead atoms. The maximum atomic E-state index is 11.8. The summed E-state index contributed by atoms with van der Waals surface area (Å²) in [7, 11) is 0. The smallest absolute Gasteiger partial charge is 0.312 e. The molecule has 0 radical (unpaired) electrons. The summed E-state index contributed by atoms with van der Waals surface area (Å²) in [6.07, 6.45) is 8.01. The first-order valence-corrected chi connectivity index (χ1v) is 6.98. The number of nitrogens with zero attached hydrogens (tertiary/aromatic N) is 1. The molecule has 0 aromatic heterocycles. The van der Waals surface area contributed by atoms with E-state index in [0.29, 0.717) is 6.04 Å². The molecule has 18 heavy (non-hydrogen) atoms. The summed E-state index contributed by atoms with van der Waals surface area (Å²) in [5, 5.41) is 0. The van der Waals surface area contributed by atoms with E-state index in [4.69, 9.17) is 4.74 Å². The van der Waals surface area contributed by atoms with Gasteiger partial charge in [0.25, 0.3) is 0 Å². The Morgan fingerprint density at radius 3 is 2.17 bits per heavy atom.